The van der Waals surface area contributed by atoms with Crippen LogP contribution in [0.3, 0.4) is 0 Å². The molecule has 5 nitrogen and oxygen atoms in total. The summed E-state index contributed by atoms with van der Waals surface area (Å²) in [6.07, 6.45) is 9.24. The number of carbonyl (C=O) groups excluding carboxylic acids is 1. The summed E-state index contributed by atoms with van der Waals surface area (Å²) in [5.41, 5.74) is 1.83. The molecule has 1 amide bonds. The van der Waals surface area contributed by atoms with Crippen LogP contribution in [0.5, 0.6) is 5.75 Å². The van der Waals surface area contributed by atoms with Crippen molar-refractivity contribution in [2.75, 3.05) is 26.2 Å². The predicted molar refractivity (Wildman–Crippen MR) is 153 cm³/mol. The Labute approximate surface area is 233 Å². The van der Waals surface area contributed by atoms with Crippen molar-refractivity contribution in [3.63, 3.8) is 0 Å². The number of likely N-dealkylation sites (tertiary alicyclic amines) is 1. The number of ether oxygens (including phenoxy) is 2. The minimum atomic E-state index is -0.444. The number of halogens is 1. The predicted octanol–water partition coefficient (Wildman–Crippen LogP) is 7.35. The summed E-state index contributed by atoms with van der Waals surface area (Å²) in [5.74, 6) is 2.18. The van der Waals surface area contributed by atoms with Gasteiger partial charge in [-0.05, 0) is 66.5 Å². The number of carbonyl (C=O) groups is 1. The maximum atomic E-state index is 13.4. The van der Waals surface area contributed by atoms with Gasteiger partial charge < -0.3 is 14.4 Å². The zero-order valence-corrected chi connectivity index (χ0v) is 23.8. The van der Waals surface area contributed by atoms with Crippen LogP contribution in [-0.4, -0.2) is 53.8 Å². The highest BCUT2D eigenvalue weighted by Crippen LogP contribution is 2.41. The van der Waals surface area contributed by atoms with Crippen LogP contribution in [0.1, 0.15) is 69.9 Å². The lowest BCUT2D eigenvalue weighted by Gasteiger charge is -2.43. The summed E-state index contributed by atoms with van der Waals surface area (Å²) in [6, 6.07) is 16.2. The van der Waals surface area contributed by atoms with Gasteiger partial charge in [-0.3, -0.25) is 4.90 Å². The van der Waals surface area contributed by atoms with E-state index in [4.69, 9.17) is 21.1 Å². The molecule has 2 aromatic rings. The maximum absolute atomic E-state index is 13.4. The number of benzene rings is 2. The van der Waals surface area contributed by atoms with E-state index in [-0.39, 0.29) is 12.1 Å². The highest BCUT2D eigenvalue weighted by atomic mass is 35.5. The molecule has 2 heterocycles. The van der Waals surface area contributed by atoms with Gasteiger partial charge in [-0.15, -0.1) is 0 Å². The monoisotopic (exact) mass is 538 g/mol. The lowest BCUT2D eigenvalue weighted by atomic mass is 9.80. The fourth-order valence-electron chi connectivity index (χ4n) is 6.46. The van der Waals surface area contributed by atoms with Gasteiger partial charge in [0.25, 0.3) is 0 Å². The van der Waals surface area contributed by atoms with Gasteiger partial charge in [-0.1, -0.05) is 69.0 Å². The molecule has 2 aromatic carbocycles. The second-order valence-electron chi connectivity index (χ2n) is 12.1. The molecule has 1 spiro atoms. The van der Waals surface area contributed by atoms with Crippen LogP contribution in [0.25, 0.3) is 0 Å². The van der Waals surface area contributed by atoms with Crippen molar-refractivity contribution < 1.29 is 14.3 Å². The van der Waals surface area contributed by atoms with Crippen LogP contribution in [0, 0.1) is 11.8 Å². The first kappa shape index (κ1) is 27.3. The molecule has 3 fully saturated rings. The maximum Gasteiger partial charge on any atom is 0.411 e. The number of piperidine rings is 1. The summed E-state index contributed by atoms with van der Waals surface area (Å²) in [5, 5.41) is 0.731. The number of hydrogen-bond donors (Lipinski definition) is 0. The van der Waals surface area contributed by atoms with E-state index in [1.54, 1.807) is 0 Å². The number of rotatable bonds is 9. The summed E-state index contributed by atoms with van der Waals surface area (Å²) in [4.78, 5) is 18.0. The zero-order valence-electron chi connectivity index (χ0n) is 23.0. The Hall–Kier alpha value is -2.24. The standard InChI is InChI=1S/C32H43ClN2O3/c1-24(2)23-37-29-14-10-27(11-15-29)22-35-30(20-25-8-12-28(33)13-9-25)32(38-31(35)36)16-18-34(19-17-32)21-26-6-4-3-5-7-26/h8-15,24,26,30H,3-7,16-23H2,1-2H3. The molecule has 6 heteroatoms. The molecule has 206 valence electrons. The van der Waals surface area contributed by atoms with Gasteiger partial charge in [0, 0.05) is 44.0 Å². The SMILES string of the molecule is CC(C)COc1ccc(CN2C(=O)OC3(CCN(CC4CCCCC4)CC3)C2Cc2ccc(Cl)cc2)cc1. The van der Waals surface area contributed by atoms with Crippen LogP contribution in [0.15, 0.2) is 48.5 Å². The minimum absolute atomic E-state index is 0.00938. The van der Waals surface area contributed by atoms with Crippen molar-refractivity contribution in [1.29, 1.82) is 0 Å². The Bertz CT molecular complexity index is 1040. The number of amides is 1. The average molecular weight is 539 g/mol. The molecule has 5 rings (SSSR count). The van der Waals surface area contributed by atoms with Crippen LogP contribution in [0.2, 0.25) is 5.02 Å². The van der Waals surface area contributed by atoms with E-state index in [0.29, 0.717) is 19.1 Å². The molecule has 1 atom stereocenters. The molecule has 3 aliphatic rings. The van der Waals surface area contributed by atoms with Crippen molar-refractivity contribution in [2.45, 2.75) is 83.4 Å². The third-order valence-electron chi connectivity index (χ3n) is 8.65. The zero-order chi connectivity index (χ0) is 26.5. The second-order valence-corrected chi connectivity index (χ2v) is 12.5. The van der Waals surface area contributed by atoms with Gasteiger partial charge in [0.05, 0.1) is 12.6 Å². The summed E-state index contributed by atoms with van der Waals surface area (Å²) >= 11 is 6.17. The van der Waals surface area contributed by atoms with Crippen molar-refractivity contribution >= 4 is 17.7 Å². The third-order valence-corrected chi connectivity index (χ3v) is 8.91. The second kappa shape index (κ2) is 12.3. The topological polar surface area (TPSA) is 42.0 Å². The average Bonchev–Trinajstić information content (AvgIpc) is 3.16. The van der Waals surface area contributed by atoms with Crippen molar-refractivity contribution in [1.82, 2.24) is 9.80 Å². The molecule has 0 N–H and O–H groups in total. The van der Waals surface area contributed by atoms with Gasteiger partial charge in [0.2, 0.25) is 0 Å². The molecule has 1 unspecified atom stereocenters. The Balaban J connectivity index is 1.30. The van der Waals surface area contributed by atoms with Crippen LogP contribution < -0.4 is 4.74 Å². The molecule has 2 saturated heterocycles. The van der Waals surface area contributed by atoms with Crippen LogP contribution >= 0.6 is 11.6 Å². The Morgan fingerprint density at radius 3 is 2.29 bits per heavy atom. The molecule has 2 aliphatic heterocycles. The van der Waals surface area contributed by atoms with Crippen LogP contribution in [0.4, 0.5) is 4.79 Å². The van der Waals surface area contributed by atoms with Gasteiger partial charge in [-0.25, -0.2) is 4.79 Å². The first-order chi connectivity index (χ1) is 18.4. The molecule has 0 bridgehead atoms. The lowest BCUT2D eigenvalue weighted by Crippen LogP contribution is -2.54. The third kappa shape index (κ3) is 6.66. The van der Waals surface area contributed by atoms with E-state index >= 15 is 0 Å². The summed E-state index contributed by atoms with van der Waals surface area (Å²) < 4.78 is 12.2. The largest absolute Gasteiger partial charge is 0.493 e. The Morgan fingerprint density at radius 2 is 1.63 bits per heavy atom. The van der Waals surface area contributed by atoms with Crippen molar-refractivity contribution in [3.05, 3.63) is 64.7 Å². The van der Waals surface area contributed by atoms with Gasteiger partial charge in [-0.2, -0.15) is 0 Å². The van der Waals surface area contributed by atoms with E-state index in [2.05, 4.69) is 43.0 Å². The Morgan fingerprint density at radius 1 is 0.974 bits per heavy atom. The molecule has 1 saturated carbocycles. The first-order valence-corrected chi connectivity index (χ1v) is 15.0. The summed E-state index contributed by atoms with van der Waals surface area (Å²) in [7, 11) is 0. The van der Waals surface area contributed by atoms with E-state index in [1.165, 1.54) is 44.2 Å². The summed E-state index contributed by atoms with van der Waals surface area (Å²) in [6.45, 7) is 8.71. The lowest BCUT2D eigenvalue weighted by molar-refractivity contribution is -0.0254. The number of nitrogens with zero attached hydrogens (tertiary/aromatic N) is 2. The minimum Gasteiger partial charge on any atom is -0.493 e. The van der Waals surface area contributed by atoms with Crippen molar-refractivity contribution in [2.24, 2.45) is 11.8 Å². The van der Waals surface area contributed by atoms with Gasteiger partial charge >= 0.3 is 6.09 Å². The molecule has 0 aromatic heterocycles. The van der Waals surface area contributed by atoms with E-state index < -0.39 is 5.60 Å². The fraction of sp³-hybridized carbons (Fsp3) is 0.594. The molecular formula is C32H43ClN2O3. The highest BCUT2D eigenvalue weighted by molar-refractivity contribution is 6.30. The molecule has 38 heavy (non-hydrogen) atoms. The molecular weight excluding hydrogens is 496 g/mol. The first-order valence-electron chi connectivity index (χ1n) is 14.6. The van der Waals surface area contributed by atoms with E-state index in [9.17, 15) is 4.79 Å². The van der Waals surface area contributed by atoms with E-state index in [0.717, 1.165) is 54.6 Å². The molecule has 1 aliphatic carbocycles. The van der Waals surface area contributed by atoms with Crippen LogP contribution in [-0.2, 0) is 17.7 Å². The quantitative estimate of drug-likeness (QED) is 0.334. The fourth-order valence-corrected chi connectivity index (χ4v) is 6.59. The normalized spacial score (nSPS) is 22.3. The van der Waals surface area contributed by atoms with Crippen molar-refractivity contribution in [3.8, 4) is 5.75 Å². The van der Waals surface area contributed by atoms with E-state index in [1.807, 2.05) is 29.2 Å². The molecule has 0 radical (unpaired) electrons. The van der Waals surface area contributed by atoms with Gasteiger partial charge in [0.15, 0.2) is 0 Å². The smallest absolute Gasteiger partial charge is 0.411 e. The van der Waals surface area contributed by atoms with Gasteiger partial charge in [0.1, 0.15) is 11.4 Å². The number of hydrogen-bond acceptors (Lipinski definition) is 4. The highest BCUT2D eigenvalue weighted by Gasteiger charge is 2.54. The Kier molecular flexibility index (Phi) is 8.84.